The third-order valence-electron chi connectivity index (χ3n) is 2.33. The first-order valence-corrected chi connectivity index (χ1v) is 5.34. The molecule has 0 aromatic heterocycles. The maximum absolute atomic E-state index is 11.2. The highest BCUT2D eigenvalue weighted by Gasteiger charge is 2.22. The van der Waals surface area contributed by atoms with Gasteiger partial charge < -0.3 is 4.74 Å². The number of halogens is 1. The van der Waals surface area contributed by atoms with Crippen molar-refractivity contribution >= 4 is 17.6 Å². The largest absolute Gasteiger partial charge is 0.469 e. The van der Waals surface area contributed by atoms with Crippen molar-refractivity contribution in [2.24, 2.45) is 0 Å². The van der Waals surface area contributed by atoms with Crippen LogP contribution in [0.3, 0.4) is 0 Å². The number of nitro groups is 1. The number of hydrogen-bond acceptors (Lipinski definition) is 4. The van der Waals surface area contributed by atoms with Gasteiger partial charge in [-0.15, -0.1) is 0 Å². The van der Waals surface area contributed by atoms with Gasteiger partial charge >= 0.3 is 5.97 Å². The maximum Gasteiger partial charge on any atom is 0.306 e. The van der Waals surface area contributed by atoms with Crippen molar-refractivity contribution in [3.8, 4) is 0 Å². The van der Waals surface area contributed by atoms with Gasteiger partial charge in [0.05, 0.1) is 19.4 Å². The summed E-state index contributed by atoms with van der Waals surface area (Å²) in [5, 5.41) is 11.0. The molecule has 1 atom stereocenters. The first-order chi connectivity index (χ1) is 8.02. The van der Waals surface area contributed by atoms with Crippen LogP contribution in [0.1, 0.15) is 17.9 Å². The summed E-state index contributed by atoms with van der Waals surface area (Å²) in [4.78, 5) is 21.3. The minimum Gasteiger partial charge on any atom is -0.469 e. The molecule has 0 aliphatic rings. The van der Waals surface area contributed by atoms with E-state index < -0.39 is 16.8 Å². The van der Waals surface area contributed by atoms with E-state index in [1.165, 1.54) is 7.11 Å². The summed E-state index contributed by atoms with van der Waals surface area (Å²) >= 11 is 5.81. The van der Waals surface area contributed by atoms with Crippen LogP contribution in [-0.4, -0.2) is 24.5 Å². The molecule has 0 saturated carbocycles. The van der Waals surface area contributed by atoms with Crippen LogP contribution in [0.2, 0.25) is 5.02 Å². The van der Waals surface area contributed by atoms with E-state index in [-0.39, 0.29) is 13.0 Å². The van der Waals surface area contributed by atoms with Gasteiger partial charge in [0.15, 0.2) is 0 Å². The van der Waals surface area contributed by atoms with Crippen molar-refractivity contribution in [3.63, 3.8) is 0 Å². The van der Waals surface area contributed by atoms with Crippen LogP contribution in [0.4, 0.5) is 0 Å². The summed E-state index contributed by atoms with van der Waals surface area (Å²) in [6.07, 6.45) is -0.0299. The van der Waals surface area contributed by atoms with Crippen LogP contribution in [0.5, 0.6) is 0 Å². The lowest BCUT2D eigenvalue weighted by molar-refractivity contribution is -0.483. The predicted molar refractivity (Wildman–Crippen MR) is 62.7 cm³/mol. The first kappa shape index (κ1) is 13.4. The number of carbonyl (C=O) groups excluding carboxylic acids is 1. The second-order valence-electron chi connectivity index (χ2n) is 3.55. The Kier molecular flexibility index (Phi) is 4.90. The Balaban J connectivity index is 2.89. The molecule has 6 heteroatoms. The molecule has 0 N–H and O–H groups in total. The molecule has 1 rings (SSSR count). The molecule has 0 fully saturated rings. The average Bonchev–Trinajstić information content (AvgIpc) is 2.27. The highest BCUT2D eigenvalue weighted by molar-refractivity contribution is 6.30. The highest BCUT2D eigenvalue weighted by Crippen LogP contribution is 2.23. The summed E-state index contributed by atoms with van der Waals surface area (Å²) in [6.45, 7) is -0.324. The van der Waals surface area contributed by atoms with Crippen molar-refractivity contribution in [2.45, 2.75) is 12.3 Å². The van der Waals surface area contributed by atoms with Gasteiger partial charge in [0.2, 0.25) is 6.54 Å². The minimum atomic E-state index is -0.517. The number of esters is 1. The zero-order chi connectivity index (χ0) is 12.8. The second kappa shape index (κ2) is 6.20. The Labute approximate surface area is 103 Å². The molecule has 0 aliphatic heterocycles. The zero-order valence-electron chi connectivity index (χ0n) is 9.26. The maximum atomic E-state index is 11.2. The smallest absolute Gasteiger partial charge is 0.306 e. The van der Waals surface area contributed by atoms with Gasteiger partial charge in [-0.2, -0.15) is 0 Å². The second-order valence-corrected chi connectivity index (χ2v) is 3.98. The van der Waals surface area contributed by atoms with Gasteiger partial charge in [0.25, 0.3) is 0 Å². The normalized spacial score (nSPS) is 11.9. The number of benzene rings is 1. The fourth-order valence-electron chi connectivity index (χ4n) is 1.51. The van der Waals surface area contributed by atoms with E-state index in [0.29, 0.717) is 10.6 Å². The Morgan fingerprint density at radius 2 is 2.29 bits per heavy atom. The topological polar surface area (TPSA) is 69.4 Å². The number of nitrogens with zero attached hydrogens (tertiary/aromatic N) is 1. The van der Waals surface area contributed by atoms with Gasteiger partial charge in [0, 0.05) is 9.95 Å². The molecule has 1 aromatic rings. The molecule has 0 aliphatic carbocycles. The number of carbonyl (C=O) groups is 1. The van der Waals surface area contributed by atoms with E-state index in [1.807, 2.05) is 0 Å². The van der Waals surface area contributed by atoms with E-state index in [9.17, 15) is 14.9 Å². The summed E-state index contributed by atoms with van der Waals surface area (Å²) in [6, 6.07) is 6.70. The van der Waals surface area contributed by atoms with Gasteiger partial charge in [-0.05, 0) is 17.7 Å². The highest BCUT2D eigenvalue weighted by atomic mass is 35.5. The lowest BCUT2D eigenvalue weighted by Crippen LogP contribution is -2.17. The fraction of sp³-hybridized carbons (Fsp3) is 0.364. The van der Waals surface area contributed by atoms with Crippen molar-refractivity contribution in [3.05, 3.63) is 45.0 Å². The number of ether oxygens (including phenoxy) is 1. The number of hydrogen-bond donors (Lipinski definition) is 0. The van der Waals surface area contributed by atoms with Crippen molar-refractivity contribution in [1.29, 1.82) is 0 Å². The molecule has 0 spiro atoms. The van der Waals surface area contributed by atoms with Crippen LogP contribution < -0.4 is 0 Å². The monoisotopic (exact) mass is 257 g/mol. The number of rotatable bonds is 5. The van der Waals surface area contributed by atoms with Crippen LogP contribution >= 0.6 is 11.6 Å². The molecule has 0 radical (unpaired) electrons. The minimum absolute atomic E-state index is 0.0299. The molecule has 0 bridgehead atoms. The van der Waals surface area contributed by atoms with Crippen molar-refractivity contribution < 1.29 is 14.5 Å². The van der Waals surface area contributed by atoms with Crippen molar-refractivity contribution in [1.82, 2.24) is 0 Å². The SMILES string of the molecule is COC(=O)C[C@H](C[N+](=O)[O-])c1cccc(Cl)c1. The molecule has 92 valence electrons. The van der Waals surface area contributed by atoms with Crippen LogP contribution in [0.15, 0.2) is 24.3 Å². The Morgan fingerprint density at radius 3 is 2.82 bits per heavy atom. The van der Waals surface area contributed by atoms with Gasteiger partial charge in [-0.3, -0.25) is 14.9 Å². The number of methoxy groups -OCH3 is 1. The van der Waals surface area contributed by atoms with E-state index >= 15 is 0 Å². The van der Waals surface area contributed by atoms with E-state index in [2.05, 4.69) is 4.74 Å². The molecular formula is C11H12ClNO4. The molecule has 17 heavy (non-hydrogen) atoms. The van der Waals surface area contributed by atoms with Gasteiger partial charge in [0.1, 0.15) is 0 Å². The summed E-state index contributed by atoms with van der Waals surface area (Å²) < 4.78 is 4.52. The van der Waals surface area contributed by atoms with Crippen LogP contribution in [0, 0.1) is 10.1 Å². The molecular weight excluding hydrogens is 246 g/mol. The van der Waals surface area contributed by atoms with Gasteiger partial charge in [-0.1, -0.05) is 23.7 Å². The molecule has 0 heterocycles. The van der Waals surface area contributed by atoms with Gasteiger partial charge in [-0.25, -0.2) is 0 Å². The Morgan fingerprint density at radius 1 is 1.59 bits per heavy atom. The average molecular weight is 258 g/mol. The summed E-state index contributed by atoms with van der Waals surface area (Å²) in [7, 11) is 1.25. The standard InChI is InChI=1S/C11H12ClNO4/c1-17-11(14)6-9(7-13(15)16)8-3-2-4-10(12)5-8/h2-5,9H,6-7H2,1H3/t9-/m1/s1. The van der Waals surface area contributed by atoms with Crippen LogP contribution in [0.25, 0.3) is 0 Å². The quantitative estimate of drug-likeness (QED) is 0.461. The third-order valence-corrected chi connectivity index (χ3v) is 2.57. The van der Waals surface area contributed by atoms with E-state index in [1.54, 1.807) is 24.3 Å². The molecule has 5 nitrogen and oxygen atoms in total. The van der Waals surface area contributed by atoms with E-state index in [4.69, 9.17) is 11.6 Å². The van der Waals surface area contributed by atoms with E-state index in [0.717, 1.165) is 0 Å². The Bertz CT molecular complexity index is 422. The molecule has 0 saturated heterocycles. The summed E-state index contributed by atoms with van der Waals surface area (Å²) in [5.74, 6) is -0.993. The fourth-order valence-corrected chi connectivity index (χ4v) is 1.71. The first-order valence-electron chi connectivity index (χ1n) is 4.97. The predicted octanol–water partition coefficient (Wildman–Crippen LogP) is 2.26. The zero-order valence-corrected chi connectivity index (χ0v) is 10.0. The molecule has 0 amide bonds. The lowest BCUT2D eigenvalue weighted by atomic mass is 9.96. The Hall–Kier alpha value is -1.62. The van der Waals surface area contributed by atoms with Crippen LogP contribution in [-0.2, 0) is 9.53 Å². The van der Waals surface area contributed by atoms with Crippen molar-refractivity contribution in [2.75, 3.05) is 13.7 Å². The summed E-state index contributed by atoms with van der Waals surface area (Å²) in [5.41, 5.74) is 0.666. The third kappa shape index (κ3) is 4.40. The molecule has 0 unspecified atom stereocenters. The lowest BCUT2D eigenvalue weighted by Gasteiger charge is -2.12. The molecule has 1 aromatic carbocycles.